The molecule has 2 nitrogen and oxygen atoms in total. The van der Waals surface area contributed by atoms with Crippen LogP contribution in [0.2, 0.25) is 0 Å². The molecule has 1 aromatic heterocycles. The van der Waals surface area contributed by atoms with Crippen LogP contribution in [0.15, 0.2) is 10.3 Å². The number of ether oxygens (including phenoxy) is 1. The second-order valence-corrected chi connectivity index (χ2v) is 5.57. The fourth-order valence-electron chi connectivity index (χ4n) is 1.81. The number of hydrogen-bond acceptors (Lipinski definition) is 4. The Bertz CT molecular complexity index is 432. The topological polar surface area (TPSA) is 26.3 Å². The summed E-state index contributed by atoms with van der Waals surface area (Å²) in [5.41, 5.74) is 2.40. The highest BCUT2D eigenvalue weighted by atomic mass is 32.2. The summed E-state index contributed by atoms with van der Waals surface area (Å²) in [5.74, 6) is -0.167. The lowest BCUT2D eigenvalue weighted by Crippen LogP contribution is -2.06. The lowest BCUT2D eigenvalue weighted by Gasteiger charge is -2.07. The molecule has 4 heteroatoms. The fraction of sp³-hybridized carbons (Fsp3) is 0.417. The maximum Gasteiger partial charge on any atom is 0.348 e. The van der Waals surface area contributed by atoms with Gasteiger partial charge in [-0.2, -0.15) is 0 Å². The number of thioether (sulfide) groups is 1. The summed E-state index contributed by atoms with van der Waals surface area (Å²) < 4.78 is 6.31. The van der Waals surface area contributed by atoms with Gasteiger partial charge in [-0.3, -0.25) is 0 Å². The van der Waals surface area contributed by atoms with Gasteiger partial charge in [0.15, 0.2) is 0 Å². The van der Waals surface area contributed by atoms with E-state index >= 15 is 0 Å². The van der Waals surface area contributed by atoms with Crippen molar-refractivity contribution >= 4 is 35.1 Å². The average Bonchev–Trinajstić information content (AvgIpc) is 2.68. The van der Waals surface area contributed by atoms with Crippen LogP contribution in [0.3, 0.4) is 0 Å². The zero-order valence-electron chi connectivity index (χ0n) is 9.41. The molecule has 86 valence electrons. The summed E-state index contributed by atoms with van der Waals surface area (Å²) in [5, 5.41) is 0. The van der Waals surface area contributed by atoms with E-state index in [2.05, 4.69) is 12.2 Å². The minimum atomic E-state index is -0.167. The third kappa shape index (κ3) is 2.04. The van der Waals surface area contributed by atoms with Gasteiger partial charge in [-0.1, -0.05) is 12.2 Å². The van der Waals surface area contributed by atoms with Crippen molar-refractivity contribution in [1.82, 2.24) is 0 Å². The van der Waals surface area contributed by atoms with Gasteiger partial charge in [-0.25, -0.2) is 4.79 Å². The van der Waals surface area contributed by atoms with Gasteiger partial charge in [0.2, 0.25) is 0 Å². The molecule has 1 aliphatic rings. The molecule has 2 rings (SSSR count). The number of hydrogen-bond donors (Lipinski definition) is 0. The van der Waals surface area contributed by atoms with Crippen molar-refractivity contribution < 1.29 is 9.53 Å². The Labute approximate surface area is 104 Å². The molecule has 0 saturated carbocycles. The Morgan fingerprint density at radius 2 is 2.44 bits per heavy atom. The summed E-state index contributed by atoms with van der Waals surface area (Å²) in [7, 11) is 0. The molecule has 0 atom stereocenters. The summed E-state index contributed by atoms with van der Waals surface area (Å²) >= 11 is 3.26. The molecule has 0 spiro atoms. The molecule has 1 aromatic rings. The highest BCUT2D eigenvalue weighted by Gasteiger charge is 2.22. The first-order valence-electron chi connectivity index (χ1n) is 5.31. The van der Waals surface area contributed by atoms with Crippen LogP contribution >= 0.6 is 23.1 Å². The second kappa shape index (κ2) is 5.06. The van der Waals surface area contributed by atoms with Gasteiger partial charge in [0, 0.05) is 5.56 Å². The van der Waals surface area contributed by atoms with Gasteiger partial charge in [-0.05, 0) is 31.6 Å². The van der Waals surface area contributed by atoms with Crippen LogP contribution in [0.25, 0.3) is 6.08 Å². The first-order valence-corrected chi connectivity index (χ1v) is 7.35. The SMILES string of the molecule is CCOC(=O)c1sc(SC)c2c1CCC=C2. The number of carbonyl (C=O) groups is 1. The monoisotopic (exact) mass is 254 g/mol. The molecule has 1 aliphatic carbocycles. The molecule has 0 aliphatic heterocycles. The van der Waals surface area contributed by atoms with E-state index in [0.717, 1.165) is 17.7 Å². The maximum absolute atomic E-state index is 11.8. The van der Waals surface area contributed by atoms with Crippen LogP contribution in [-0.2, 0) is 11.2 Å². The van der Waals surface area contributed by atoms with E-state index in [1.807, 2.05) is 13.2 Å². The van der Waals surface area contributed by atoms with E-state index in [1.54, 1.807) is 23.1 Å². The van der Waals surface area contributed by atoms with Crippen molar-refractivity contribution in [3.05, 3.63) is 22.1 Å². The van der Waals surface area contributed by atoms with Crippen molar-refractivity contribution in [2.45, 2.75) is 24.0 Å². The van der Waals surface area contributed by atoms with Crippen molar-refractivity contribution in [1.29, 1.82) is 0 Å². The lowest BCUT2D eigenvalue weighted by molar-refractivity contribution is 0.0531. The second-order valence-electron chi connectivity index (χ2n) is 3.48. The molecule has 0 aromatic carbocycles. The minimum absolute atomic E-state index is 0.167. The number of allylic oxidation sites excluding steroid dienone is 1. The number of rotatable bonds is 3. The standard InChI is InChI=1S/C12H14O2S2/c1-3-14-11(13)10-8-6-4-5-7-9(8)12(15-2)16-10/h5,7H,3-4,6H2,1-2H3. The largest absolute Gasteiger partial charge is 0.462 e. The molecular weight excluding hydrogens is 240 g/mol. The Kier molecular flexibility index (Phi) is 3.71. The Balaban J connectivity index is 2.43. The van der Waals surface area contributed by atoms with Crippen molar-refractivity contribution in [3.8, 4) is 0 Å². The minimum Gasteiger partial charge on any atom is -0.462 e. The lowest BCUT2D eigenvalue weighted by atomic mass is 10.00. The molecule has 0 amide bonds. The molecule has 16 heavy (non-hydrogen) atoms. The summed E-state index contributed by atoms with van der Waals surface area (Å²) in [6, 6.07) is 0. The van der Waals surface area contributed by atoms with E-state index in [0.29, 0.717) is 6.61 Å². The van der Waals surface area contributed by atoms with E-state index < -0.39 is 0 Å². The Morgan fingerprint density at radius 3 is 3.12 bits per heavy atom. The molecule has 0 fully saturated rings. The van der Waals surface area contributed by atoms with E-state index in [1.165, 1.54) is 15.3 Å². The van der Waals surface area contributed by atoms with Gasteiger partial charge >= 0.3 is 5.97 Å². The summed E-state index contributed by atoms with van der Waals surface area (Å²) in [4.78, 5) is 12.6. The van der Waals surface area contributed by atoms with Gasteiger partial charge < -0.3 is 4.74 Å². The van der Waals surface area contributed by atoms with Crippen LogP contribution < -0.4 is 0 Å². The van der Waals surface area contributed by atoms with Crippen LogP contribution in [0.5, 0.6) is 0 Å². The van der Waals surface area contributed by atoms with Crippen LogP contribution in [-0.4, -0.2) is 18.8 Å². The van der Waals surface area contributed by atoms with Crippen LogP contribution in [0, 0.1) is 0 Å². The summed E-state index contributed by atoms with van der Waals surface area (Å²) in [6.45, 7) is 2.28. The molecule has 1 heterocycles. The van der Waals surface area contributed by atoms with Gasteiger partial charge in [0.1, 0.15) is 4.88 Å². The average molecular weight is 254 g/mol. The summed E-state index contributed by atoms with van der Waals surface area (Å²) in [6.07, 6.45) is 8.32. The Hall–Kier alpha value is -0.740. The van der Waals surface area contributed by atoms with Crippen LogP contribution in [0.1, 0.15) is 34.1 Å². The molecule has 0 bridgehead atoms. The zero-order chi connectivity index (χ0) is 11.5. The van der Waals surface area contributed by atoms with Crippen molar-refractivity contribution in [2.24, 2.45) is 0 Å². The van der Waals surface area contributed by atoms with Gasteiger partial charge in [0.25, 0.3) is 0 Å². The van der Waals surface area contributed by atoms with Crippen molar-refractivity contribution in [2.75, 3.05) is 12.9 Å². The van der Waals surface area contributed by atoms with Gasteiger partial charge in [0.05, 0.1) is 10.8 Å². The van der Waals surface area contributed by atoms with Crippen LogP contribution in [0.4, 0.5) is 0 Å². The van der Waals surface area contributed by atoms with E-state index in [4.69, 9.17) is 4.74 Å². The number of fused-ring (bicyclic) bond motifs is 1. The first kappa shape index (κ1) is 11.7. The van der Waals surface area contributed by atoms with E-state index in [9.17, 15) is 4.79 Å². The molecule has 0 N–H and O–H groups in total. The fourth-order valence-corrected chi connectivity index (χ4v) is 3.77. The number of carbonyl (C=O) groups excluding carboxylic acids is 1. The van der Waals surface area contributed by atoms with E-state index in [-0.39, 0.29) is 5.97 Å². The molecule has 0 radical (unpaired) electrons. The third-order valence-corrected chi connectivity index (χ3v) is 4.87. The highest BCUT2D eigenvalue weighted by molar-refractivity contribution is 8.00. The Morgan fingerprint density at radius 1 is 1.62 bits per heavy atom. The van der Waals surface area contributed by atoms with Gasteiger partial charge in [-0.15, -0.1) is 23.1 Å². The third-order valence-electron chi connectivity index (χ3n) is 2.51. The maximum atomic E-state index is 11.8. The predicted molar refractivity (Wildman–Crippen MR) is 69.4 cm³/mol. The molecule has 0 unspecified atom stereocenters. The normalized spacial score (nSPS) is 13.6. The molecular formula is C12H14O2S2. The van der Waals surface area contributed by atoms with Crippen molar-refractivity contribution in [3.63, 3.8) is 0 Å². The molecule has 0 saturated heterocycles. The number of esters is 1. The number of thiophene rings is 1. The quantitative estimate of drug-likeness (QED) is 0.609. The smallest absolute Gasteiger partial charge is 0.348 e. The predicted octanol–water partition coefficient (Wildman–Crippen LogP) is 3.61. The highest BCUT2D eigenvalue weighted by Crippen LogP contribution is 2.39. The zero-order valence-corrected chi connectivity index (χ0v) is 11.0. The first-order chi connectivity index (χ1) is 7.77.